The Bertz CT molecular complexity index is 2880. The van der Waals surface area contributed by atoms with Gasteiger partial charge in [0.2, 0.25) is 0 Å². The van der Waals surface area contributed by atoms with Crippen LogP contribution in [0.2, 0.25) is 0 Å². The van der Waals surface area contributed by atoms with Gasteiger partial charge in [0.05, 0.1) is 0 Å². The van der Waals surface area contributed by atoms with Crippen molar-refractivity contribution in [3.8, 4) is 55.6 Å². The lowest BCUT2D eigenvalue weighted by Gasteiger charge is -2.18. The summed E-state index contributed by atoms with van der Waals surface area (Å²) < 4.78 is 0. The van der Waals surface area contributed by atoms with Crippen molar-refractivity contribution >= 4 is 36.9 Å². The van der Waals surface area contributed by atoms with Crippen molar-refractivity contribution in [2.45, 2.75) is 171 Å². The van der Waals surface area contributed by atoms with Gasteiger partial charge in [-0.05, 0) is 214 Å². The summed E-state index contributed by atoms with van der Waals surface area (Å²) in [5.41, 5.74) is 17.8. The summed E-state index contributed by atoms with van der Waals surface area (Å²) in [7, 11) is 0. The number of hydrogen-bond acceptors (Lipinski definition) is 2. The topological polar surface area (TPSA) is 0 Å². The quantitative estimate of drug-likeness (QED) is 0.0642. The number of allylic oxidation sites excluding steroid dienone is 5. The lowest BCUT2D eigenvalue weighted by molar-refractivity contribution is 0.737. The Labute approximate surface area is 482 Å². The van der Waals surface area contributed by atoms with Gasteiger partial charge in [0.25, 0.3) is 0 Å². The first-order chi connectivity index (χ1) is 37.3. The van der Waals surface area contributed by atoms with Gasteiger partial charge in [-0.25, -0.2) is 0 Å². The largest absolute Gasteiger partial charge is 0.143 e. The minimum absolute atomic E-state index is 0.833. The molecule has 0 spiro atoms. The third-order valence-corrected chi connectivity index (χ3v) is 12.4. The molecule has 0 saturated carbocycles. The molecule has 0 heterocycles. The molecule has 0 radical (unpaired) electrons. The molecule has 0 saturated heterocycles. The van der Waals surface area contributed by atoms with Crippen LogP contribution in [0.1, 0.15) is 165 Å². The first-order valence-corrected chi connectivity index (χ1v) is 30.0. The Balaban J connectivity index is 0.000000834. The molecule has 8 rings (SSSR count). The molecule has 410 valence electrons. The molecule has 0 N–H and O–H groups in total. The number of fused-ring (bicyclic) bond motifs is 1. The maximum atomic E-state index is 4.59. The predicted molar refractivity (Wildman–Crippen MR) is 357 cm³/mol. The number of hydrogen-bond donors (Lipinski definition) is 2. The molecule has 0 nitrogen and oxygen atoms in total. The molecule has 7 aromatic carbocycles. The molecule has 0 fully saturated rings. The molecule has 0 atom stereocenters. The Morgan fingerprint density at radius 2 is 0.792 bits per heavy atom. The number of benzene rings is 7. The van der Waals surface area contributed by atoms with Gasteiger partial charge in [0.1, 0.15) is 0 Å². The van der Waals surface area contributed by atoms with Gasteiger partial charge in [0.15, 0.2) is 0 Å². The maximum absolute atomic E-state index is 4.59. The number of thiol groups is 2. The highest BCUT2D eigenvalue weighted by molar-refractivity contribution is 7.80. The van der Waals surface area contributed by atoms with Crippen molar-refractivity contribution in [2.75, 3.05) is 0 Å². The zero-order chi connectivity index (χ0) is 57.0. The molecule has 77 heavy (non-hydrogen) atoms. The van der Waals surface area contributed by atoms with Crippen LogP contribution in [0.3, 0.4) is 0 Å². The zero-order valence-electron chi connectivity index (χ0n) is 50.1. The molecule has 0 aromatic heterocycles. The second-order valence-electron chi connectivity index (χ2n) is 19.9. The minimum Gasteiger partial charge on any atom is -0.143 e. The van der Waals surface area contributed by atoms with Crippen LogP contribution in [0.25, 0.3) is 67.3 Å². The molecule has 7 aromatic rings. The van der Waals surface area contributed by atoms with Crippen LogP contribution in [0, 0.1) is 5.92 Å². The number of rotatable bonds is 13. The van der Waals surface area contributed by atoms with Crippen molar-refractivity contribution < 1.29 is 0 Å². The van der Waals surface area contributed by atoms with Gasteiger partial charge < -0.3 is 0 Å². The summed E-state index contributed by atoms with van der Waals surface area (Å²) in [6.07, 6.45) is 23.8. The fraction of sp³-hybridized carbons (Fsp3) is 0.333. The van der Waals surface area contributed by atoms with E-state index in [1.165, 1.54) is 127 Å². The normalized spacial score (nSPS) is 11.1. The van der Waals surface area contributed by atoms with Crippen LogP contribution in [-0.2, 0) is 12.8 Å². The van der Waals surface area contributed by atoms with Crippen molar-refractivity contribution in [3.05, 3.63) is 216 Å². The summed E-state index contributed by atoms with van der Waals surface area (Å²) in [5.74, 6) is 0.833. The summed E-state index contributed by atoms with van der Waals surface area (Å²) in [5, 5.41) is 2.65. The molecule has 0 bridgehead atoms. The van der Waals surface area contributed by atoms with Crippen molar-refractivity contribution in [2.24, 2.45) is 5.92 Å². The highest BCUT2D eigenvalue weighted by atomic mass is 32.1. The number of aryl methyl sites for hydroxylation is 2. The van der Waals surface area contributed by atoms with E-state index in [4.69, 9.17) is 0 Å². The molecule has 0 aliphatic heterocycles. The first-order valence-electron chi connectivity index (χ1n) is 29.1. The Morgan fingerprint density at radius 3 is 1.13 bits per heavy atom. The maximum Gasteiger partial charge on any atom is 0.00404 e. The second-order valence-corrected chi connectivity index (χ2v) is 20.9. The fourth-order valence-electron chi connectivity index (χ4n) is 8.37. The van der Waals surface area contributed by atoms with E-state index >= 15 is 0 Å². The first kappa shape index (κ1) is 67.3. The Kier molecular flexibility index (Phi) is 34.6. The van der Waals surface area contributed by atoms with E-state index in [9.17, 15) is 0 Å². The molecule has 1 aliphatic carbocycles. The van der Waals surface area contributed by atoms with E-state index in [1.807, 2.05) is 58.9 Å². The van der Waals surface area contributed by atoms with E-state index in [-0.39, 0.29) is 0 Å². The molecular formula is C75H98S2. The molecule has 0 unspecified atom stereocenters. The second kappa shape index (κ2) is 39.5. The fourth-order valence-corrected chi connectivity index (χ4v) is 8.66. The van der Waals surface area contributed by atoms with Gasteiger partial charge in [-0.2, -0.15) is 0 Å². The highest BCUT2D eigenvalue weighted by Crippen LogP contribution is 2.35. The van der Waals surface area contributed by atoms with Gasteiger partial charge in [0, 0.05) is 9.79 Å². The molecule has 1 aliphatic rings. The number of unbranched alkanes of at least 4 members (excludes halogenated alkanes) is 2. The van der Waals surface area contributed by atoms with Crippen molar-refractivity contribution in [3.63, 3.8) is 0 Å². The van der Waals surface area contributed by atoms with Crippen LogP contribution in [0.5, 0.6) is 0 Å². The standard InChI is InChI=1S/C54H50S2.C6H10.C4H10.2C3H8.C3H6.C2H6/c1-3-5-9-37-15-19-39(20-16-37)43-31-45(41-23-27-49(55)28-24-41)35-47(33-43)51-11-7-14-54-52(12-8-13-53(51)54)48-34-44(40-21-17-38(18-22-40)10-6-4-2)32-46(36-48)42-25-29-50(56)30-26-42;1-3-5-6-4-2;1-4(2)3;3*1-3-2;1-2/h7,11,13-36,55-56H,3-6,8-10,12H2,1-2H3;3-6H,1-2H3;4H,1-3H3;2*3H2,1-2H3;3H,1H2,2H3;1-2H3/b;5-3-,6-4-;;;;;. The Morgan fingerprint density at radius 1 is 0.468 bits per heavy atom. The lowest BCUT2D eigenvalue weighted by Crippen LogP contribution is -2.31. The van der Waals surface area contributed by atoms with E-state index in [1.54, 1.807) is 6.08 Å². The minimum atomic E-state index is 0.833. The third-order valence-electron chi connectivity index (χ3n) is 11.8. The van der Waals surface area contributed by atoms with Gasteiger partial charge >= 0.3 is 0 Å². The molecular weight excluding hydrogens is 965 g/mol. The van der Waals surface area contributed by atoms with Crippen molar-refractivity contribution in [1.82, 2.24) is 0 Å². The van der Waals surface area contributed by atoms with Crippen LogP contribution in [0.4, 0.5) is 0 Å². The van der Waals surface area contributed by atoms with Crippen LogP contribution < -0.4 is 10.4 Å². The van der Waals surface area contributed by atoms with Crippen LogP contribution in [-0.4, -0.2) is 0 Å². The highest BCUT2D eigenvalue weighted by Gasteiger charge is 2.16. The summed E-state index contributed by atoms with van der Waals surface area (Å²) in [4.78, 5) is 1.94. The monoisotopic (exact) mass is 1060 g/mol. The zero-order valence-corrected chi connectivity index (χ0v) is 51.9. The average molecular weight is 1060 g/mol. The average Bonchev–Trinajstić information content (AvgIpc) is 3.45. The summed E-state index contributed by atoms with van der Waals surface area (Å²) in [6.45, 7) is 32.8. The van der Waals surface area contributed by atoms with Gasteiger partial charge in [-0.1, -0.05) is 229 Å². The predicted octanol–water partition coefficient (Wildman–Crippen LogP) is 22.9. The third kappa shape index (κ3) is 23.8. The molecule has 2 heteroatoms. The SMILES string of the molecule is C/C=C\C=C/C.C=CC.CC.CC(C)C.CCC.CCC.CCCCc1ccc(-c2cc(C3=c4cccc(-c5cc(-c6ccc(S)cc6)cc(-c6ccc(CCCC)cc6)c5)c4=CCC3)cc(-c3ccc(S)cc3)c2)cc1. The van der Waals surface area contributed by atoms with Gasteiger partial charge in [-0.3, -0.25) is 0 Å². The van der Waals surface area contributed by atoms with Crippen LogP contribution in [0.15, 0.2) is 198 Å². The Hall–Kier alpha value is -5.80. The van der Waals surface area contributed by atoms with E-state index in [0.29, 0.717) is 0 Å². The summed E-state index contributed by atoms with van der Waals surface area (Å²) >= 11 is 9.18. The molecule has 0 amide bonds. The summed E-state index contributed by atoms with van der Waals surface area (Å²) in [6, 6.07) is 56.8. The smallest absolute Gasteiger partial charge is 0.00404 e. The van der Waals surface area contributed by atoms with Gasteiger partial charge in [-0.15, -0.1) is 31.8 Å². The van der Waals surface area contributed by atoms with Crippen LogP contribution >= 0.6 is 25.3 Å². The lowest BCUT2D eigenvalue weighted by atomic mass is 9.86. The van der Waals surface area contributed by atoms with E-state index in [2.05, 4.69) is 252 Å². The van der Waals surface area contributed by atoms with E-state index < -0.39 is 0 Å². The van der Waals surface area contributed by atoms with E-state index in [0.717, 1.165) is 41.4 Å². The van der Waals surface area contributed by atoms with Crippen molar-refractivity contribution in [1.29, 1.82) is 0 Å².